The van der Waals surface area contributed by atoms with E-state index in [1.165, 1.54) is 76.3 Å². The van der Waals surface area contributed by atoms with Crippen LogP contribution >= 0.6 is 0 Å². The van der Waals surface area contributed by atoms with Gasteiger partial charge >= 0.3 is 17.3 Å². The molecule has 1 rings (SSSR count). The number of esters is 1. The molecule has 0 fully saturated rings. The van der Waals surface area contributed by atoms with Gasteiger partial charge in [-0.3, -0.25) is 25.0 Å². The van der Waals surface area contributed by atoms with Crippen LogP contribution in [0.4, 0.5) is 11.4 Å². The number of para-hydroxylation sites is 1. The number of carbonyl (C=O) groups is 1. The molecule has 174 valence electrons. The number of hydrogen-bond acceptors (Lipinski definition) is 6. The lowest BCUT2D eigenvalue weighted by molar-refractivity contribution is -0.423. The van der Waals surface area contributed by atoms with Gasteiger partial charge in [0.25, 0.3) is 0 Å². The van der Waals surface area contributed by atoms with Crippen LogP contribution in [0.3, 0.4) is 0 Å². The van der Waals surface area contributed by atoms with Gasteiger partial charge in [0.2, 0.25) is 0 Å². The average molecular weight is 437 g/mol. The Bertz CT molecular complexity index is 693. The zero-order valence-electron chi connectivity index (χ0n) is 18.7. The van der Waals surface area contributed by atoms with Gasteiger partial charge in [-0.25, -0.2) is 0 Å². The van der Waals surface area contributed by atoms with E-state index in [9.17, 15) is 25.0 Å². The van der Waals surface area contributed by atoms with Crippen LogP contribution in [-0.2, 0) is 16.1 Å². The third kappa shape index (κ3) is 11.5. The number of benzene rings is 1. The van der Waals surface area contributed by atoms with Crippen molar-refractivity contribution in [2.75, 3.05) is 0 Å². The van der Waals surface area contributed by atoms with E-state index in [-0.39, 0.29) is 18.6 Å². The number of carbonyl (C=O) groups excluding carboxylic acids is 1. The third-order valence-electron chi connectivity index (χ3n) is 5.35. The molecule has 0 heterocycles. The maximum atomic E-state index is 11.9. The molecule has 0 radical (unpaired) electrons. The SMILES string of the molecule is CCCCCCCCCCCCCCCC(=O)OCc1cccc([N+](=O)[O-])c1[N+](=O)[O-]. The highest BCUT2D eigenvalue weighted by molar-refractivity contribution is 5.69. The van der Waals surface area contributed by atoms with Gasteiger partial charge in [0.05, 0.1) is 15.4 Å². The van der Waals surface area contributed by atoms with Crippen molar-refractivity contribution in [2.24, 2.45) is 0 Å². The van der Waals surface area contributed by atoms with E-state index in [2.05, 4.69) is 6.92 Å². The fourth-order valence-electron chi connectivity index (χ4n) is 3.57. The molecule has 0 atom stereocenters. The maximum Gasteiger partial charge on any atom is 0.352 e. The van der Waals surface area contributed by atoms with Crippen molar-refractivity contribution in [1.82, 2.24) is 0 Å². The molecule has 1 aromatic carbocycles. The number of hydrogen-bond donors (Lipinski definition) is 0. The van der Waals surface area contributed by atoms with Crippen LogP contribution in [0.1, 0.15) is 102 Å². The first-order valence-electron chi connectivity index (χ1n) is 11.5. The first-order chi connectivity index (χ1) is 15.0. The van der Waals surface area contributed by atoms with E-state index in [1.54, 1.807) is 0 Å². The van der Waals surface area contributed by atoms with Crippen molar-refractivity contribution in [3.63, 3.8) is 0 Å². The lowest BCUT2D eigenvalue weighted by atomic mass is 10.0. The Hall–Kier alpha value is -2.51. The lowest BCUT2D eigenvalue weighted by Crippen LogP contribution is -2.07. The molecule has 0 N–H and O–H groups in total. The normalized spacial score (nSPS) is 10.7. The van der Waals surface area contributed by atoms with E-state index >= 15 is 0 Å². The second-order valence-corrected chi connectivity index (χ2v) is 7.95. The predicted octanol–water partition coefficient (Wildman–Crippen LogP) is 7.03. The molecule has 1 aromatic rings. The average Bonchev–Trinajstić information content (AvgIpc) is 2.75. The zero-order valence-corrected chi connectivity index (χ0v) is 18.7. The predicted molar refractivity (Wildman–Crippen MR) is 120 cm³/mol. The molecule has 0 spiro atoms. The van der Waals surface area contributed by atoms with Crippen LogP contribution < -0.4 is 0 Å². The maximum absolute atomic E-state index is 11.9. The number of ether oxygens (including phenoxy) is 1. The topological polar surface area (TPSA) is 113 Å². The summed E-state index contributed by atoms with van der Waals surface area (Å²) >= 11 is 0. The van der Waals surface area contributed by atoms with Gasteiger partial charge in [0.1, 0.15) is 6.61 Å². The summed E-state index contributed by atoms with van der Waals surface area (Å²) in [5.41, 5.74) is -1.20. The molecule has 8 nitrogen and oxygen atoms in total. The van der Waals surface area contributed by atoms with Crippen molar-refractivity contribution in [3.8, 4) is 0 Å². The number of nitro groups is 2. The minimum absolute atomic E-state index is 0.0258. The van der Waals surface area contributed by atoms with Gasteiger partial charge in [-0.05, 0) is 12.5 Å². The van der Waals surface area contributed by atoms with Gasteiger partial charge in [-0.2, -0.15) is 0 Å². The van der Waals surface area contributed by atoms with E-state index in [0.717, 1.165) is 18.9 Å². The highest BCUT2D eigenvalue weighted by Crippen LogP contribution is 2.30. The van der Waals surface area contributed by atoms with Crippen LogP contribution in [0.2, 0.25) is 0 Å². The number of unbranched alkanes of at least 4 members (excludes halogenated alkanes) is 12. The van der Waals surface area contributed by atoms with E-state index in [0.29, 0.717) is 6.42 Å². The Kier molecular flexibility index (Phi) is 13.9. The van der Waals surface area contributed by atoms with Gasteiger partial charge < -0.3 is 4.74 Å². The van der Waals surface area contributed by atoms with Crippen LogP contribution in [0.15, 0.2) is 18.2 Å². The van der Waals surface area contributed by atoms with Crippen molar-refractivity contribution < 1.29 is 19.4 Å². The summed E-state index contributed by atoms with van der Waals surface area (Å²) in [7, 11) is 0. The van der Waals surface area contributed by atoms with Gasteiger partial charge in [0, 0.05) is 12.5 Å². The Morgan fingerprint density at radius 3 is 1.81 bits per heavy atom. The molecular formula is C23H36N2O6. The smallest absolute Gasteiger partial charge is 0.352 e. The minimum Gasteiger partial charge on any atom is -0.461 e. The number of nitro benzene ring substituents is 2. The summed E-state index contributed by atoms with van der Waals surface area (Å²) in [5.74, 6) is -0.441. The Balaban J connectivity index is 2.13. The molecule has 0 unspecified atom stereocenters. The molecule has 0 bridgehead atoms. The molecule has 0 amide bonds. The minimum atomic E-state index is -0.812. The molecule has 0 aliphatic carbocycles. The summed E-state index contributed by atoms with van der Waals surface area (Å²) < 4.78 is 5.09. The Morgan fingerprint density at radius 1 is 0.806 bits per heavy atom. The second kappa shape index (κ2) is 16.2. The highest BCUT2D eigenvalue weighted by Gasteiger charge is 2.28. The number of rotatable bonds is 18. The second-order valence-electron chi connectivity index (χ2n) is 7.95. The van der Waals surface area contributed by atoms with E-state index in [4.69, 9.17) is 4.74 Å². The Morgan fingerprint density at radius 2 is 1.32 bits per heavy atom. The zero-order chi connectivity index (χ0) is 22.9. The quantitative estimate of drug-likeness (QED) is 0.106. The van der Waals surface area contributed by atoms with Crippen molar-refractivity contribution in [1.29, 1.82) is 0 Å². The molecule has 0 saturated heterocycles. The molecular weight excluding hydrogens is 400 g/mol. The largest absolute Gasteiger partial charge is 0.461 e. The van der Waals surface area contributed by atoms with Crippen LogP contribution in [0, 0.1) is 20.2 Å². The molecule has 0 aliphatic heterocycles. The first kappa shape index (κ1) is 26.5. The summed E-state index contributed by atoms with van der Waals surface area (Å²) in [6, 6.07) is 3.78. The highest BCUT2D eigenvalue weighted by atomic mass is 16.6. The first-order valence-corrected chi connectivity index (χ1v) is 11.5. The fraction of sp³-hybridized carbons (Fsp3) is 0.696. The molecule has 0 saturated carbocycles. The molecule has 31 heavy (non-hydrogen) atoms. The van der Waals surface area contributed by atoms with Crippen LogP contribution in [-0.4, -0.2) is 15.8 Å². The summed E-state index contributed by atoms with van der Waals surface area (Å²) in [6.07, 6.45) is 16.0. The summed E-state index contributed by atoms with van der Waals surface area (Å²) in [4.78, 5) is 32.4. The van der Waals surface area contributed by atoms with Gasteiger partial charge in [0.15, 0.2) is 0 Å². The molecule has 0 aromatic heterocycles. The Labute approximate surface area is 184 Å². The molecule has 0 aliphatic rings. The third-order valence-corrected chi connectivity index (χ3v) is 5.35. The van der Waals surface area contributed by atoms with Gasteiger partial charge in [-0.15, -0.1) is 0 Å². The monoisotopic (exact) mass is 436 g/mol. The van der Waals surface area contributed by atoms with Crippen molar-refractivity contribution in [3.05, 3.63) is 44.0 Å². The standard InChI is InChI=1S/C23H36N2O6/c1-2-3-4-5-6-7-8-9-10-11-12-13-14-18-22(26)31-19-20-16-15-17-21(24(27)28)23(20)25(29)30/h15-17H,2-14,18-19H2,1H3. The summed E-state index contributed by atoms with van der Waals surface area (Å²) in [6.45, 7) is 1.90. The van der Waals surface area contributed by atoms with Gasteiger partial charge in [-0.1, -0.05) is 90.0 Å². The van der Waals surface area contributed by atoms with Crippen molar-refractivity contribution >= 4 is 17.3 Å². The van der Waals surface area contributed by atoms with E-state index in [1.807, 2.05) is 0 Å². The fourth-order valence-corrected chi connectivity index (χ4v) is 3.57. The van der Waals surface area contributed by atoms with E-state index < -0.39 is 27.2 Å². The van der Waals surface area contributed by atoms with Crippen molar-refractivity contribution in [2.45, 2.75) is 103 Å². The lowest BCUT2D eigenvalue weighted by Gasteiger charge is -2.06. The summed E-state index contributed by atoms with van der Waals surface area (Å²) in [5, 5.41) is 22.1. The molecule has 8 heteroatoms. The van der Waals surface area contributed by atoms with Crippen LogP contribution in [0.5, 0.6) is 0 Å². The van der Waals surface area contributed by atoms with Crippen LogP contribution in [0.25, 0.3) is 0 Å². The number of nitrogens with zero attached hydrogens (tertiary/aromatic N) is 2.